The summed E-state index contributed by atoms with van der Waals surface area (Å²) < 4.78 is 18.4. The minimum absolute atomic E-state index is 0.639. The van der Waals surface area contributed by atoms with E-state index in [1.165, 1.54) is 96.5 Å². The number of furan rings is 1. The van der Waals surface area contributed by atoms with Crippen molar-refractivity contribution in [2.24, 2.45) is 0 Å². The smallest absolute Gasteiger partial charge is 0.143 e. The van der Waals surface area contributed by atoms with E-state index in [1.54, 1.807) is 0 Å². The van der Waals surface area contributed by atoms with Crippen LogP contribution in [0.2, 0.25) is 0 Å². The minimum Gasteiger partial charge on any atom is -0.455 e. The topological polar surface area (TPSA) is 80.4 Å². The fourth-order valence-corrected chi connectivity index (χ4v) is 19.7. The van der Waals surface area contributed by atoms with Crippen molar-refractivity contribution in [1.29, 1.82) is 10.5 Å². The van der Waals surface area contributed by atoms with Gasteiger partial charge >= 0.3 is 0 Å². The maximum atomic E-state index is 9.89. The van der Waals surface area contributed by atoms with Gasteiger partial charge < -0.3 is 22.7 Å². The van der Waals surface area contributed by atoms with Crippen molar-refractivity contribution in [2.45, 2.75) is 0 Å². The maximum Gasteiger partial charge on any atom is 0.143 e. The molecule has 18 aromatic carbocycles. The molecule has 0 N–H and O–H groups in total. The highest BCUT2D eigenvalue weighted by atomic mass is 32.1. The molecule has 0 spiro atoms. The van der Waals surface area contributed by atoms with Gasteiger partial charge in [-0.05, 0) is 225 Å². The largest absolute Gasteiger partial charge is 0.455 e. The Kier molecular flexibility index (Phi) is 15.8. The molecule has 0 aliphatic rings. The highest BCUT2D eigenvalue weighted by Gasteiger charge is 2.23. The Bertz CT molecular complexity index is 8360. The molecule has 24 aromatic rings. The van der Waals surface area contributed by atoms with Gasteiger partial charge in [-0.15, -0.1) is 11.3 Å². The monoisotopic (exact) mass is 1520 g/mol. The molecule has 0 aliphatic carbocycles. The van der Waals surface area contributed by atoms with E-state index >= 15 is 0 Å². The van der Waals surface area contributed by atoms with Crippen molar-refractivity contribution in [3.8, 4) is 102 Å². The summed E-state index contributed by atoms with van der Waals surface area (Å²) in [5.41, 5.74) is 30.4. The zero-order chi connectivity index (χ0) is 78.1. The molecule has 7 nitrogen and oxygen atoms in total. The average Bonchev–Trinajstić information content (AvgIpc) is 1.60. The second-order valence-corrected chi connectivity index (χ2v) is 31.5. The Morgan fingerprint density at radius 3 is 1.08 bits per heavy atom. The van der Waals surface area contributed by atoms with Crippen LogP contribution in [-0.4, -0.2) is 18.3 Å². The Morgan fingerprint density at radius 2 is 0.559 bits per heavy atom. The van der Waals surface area contributed by atoms with Gasteiger partial charge in [-0.2, -0.15) is 10.5 Å². The molecule has 0 saturated carbocycles. The van der Waals surface area contributed by atoms with Gasteiger partial charge in [0.25, 0.3) is 0 Å². The molecule has 6 heterocycles. The lowest BCUT2D eigenvalue weighted by atomic mass is 9.96. The van der Waals surface area contributed by atoms with Gasteiger partial charge in [-0.25, -0.2) is 0 Å². The Morgan fingerprint density at radius 1 is 0.212 bits per heavy atom. The average molecular weight is 1520 g/mol. The van der Waals surface area contributed by atoms with Crippen molar-refractivity contribution < 1.29 is 4.42 Å². The van der Waals surface area contributed by atoms with Gasteiger partial charge in [-0.1, -0.05) is 237 Å². The molecule has 0 saturated heterocycles. The first-order valence-corrected chi connectivity index (χ1v) is 40.6. The molecule has 0 radical (unpaired) electrons. The van der Waals surface area contributed by atoms with Gasteiger partial charge in [0, 0.05) is 102 Å². The van der Waals surface area contributed by atoms with Crippen molar-refractivity contribution in [3.05, 3.63) is 412 Å². The SMILES string of the molecule is N#Cc1cccc(-n2c3ccc(-c4cccc(-c5ccc6c(c5)c5ccccc5n6-c5ccccc5)c4)cc3c3ccc(-c4cccc5c4sc4ccccc45)cc32)c1.N#Cc1cccc(-n2c3ccccc3c3cc(-c4cccc(-c5ccc6c(c5)c5cc(-c7cccc8c7oc7ccccc78)ccc5n6-c5ccccc5)c4)ccc32)c1. The lowest BCUT2D eigenvalue weighted by Crippen LogP contribution is -1.94. The van der Waals surface area contributed by atoms with Crippen molar-refractivity contribution in [1.82, 2.24) is 18.3 Å². The predicted octanol–water partition coefficient (Wildman–Crippen LogP) is 29.8. The molecule has 8 heteroatoms. The number of nitriles is 2. The third-order valence-electron chi connectivity index (χ3n) is 23.9. The molecule has 0 amide bonds. The van der Waals surface area contributed by atoms with E-state index in [0.717, 1.165) is 122 Å². The van der Waals surface area contributed by atoms with E-state index < -0.39 is 0 Å². The summed E-state index contributed by atoms with van der Waals surface area (Å²) in [6, 6.07) is 148. The molecule has 0 fully saturated rings. The number of benzene rings is 18. The predicted molar refractivity (Wildman–Crippen MR) is 492 cm³/mol. The lowest BCUT2D eigenvalue weighted by Gasteiger charge is -2.10. The van der Waals surface area contributed by atoms with Crippen LogP contribution in [0.1, 0.15) is 11.1 Å². The highest BCUT2D eigenvalue weighted by Crippen LogP contribution is 2.47. The molecule has 0 unspecified atom stereocenters. The van der Waals surface area contributed by atoms with E-state index in [0.29, 0.717) is 11.1 Å². The van der Waals surface area contributed by atoms with Crippen LogP contribution >= 0.6 is 11.3 Å². The third kappa shape index (κ3) is 11.1. The van der Waals surface area contributed by atoms with Crippen molar-refractivity contribution in [2.75, 3.05) is 0 Å². The summed E-state index contributed by atoms with van der Waals surface area (Å²) in [7, 11) is 0. The van der Waals surface area contributed by atoms with Crippen LogP contribution in [0, 0.1) is 22.7 Å². The van der Waals surface area contributed by atoms with Gasteiger partial charge in [-0.3, -0.25) is 0 Å². The fourth-order valence-electron chi connectivity index (χ4n) is 18.4. The van der Waals surface area contributed by atoms with E-state index in [1.807, 2.05) is 59.9 Å². The van der Waals surface area contributed by atoms with Crippen LogP contribution in [0.3, 0.4) is 0 Å². The summed E-state index contributed by atoms with van der Waals surface area (Å²) >= 11 is 1.85. The van der Waals surface area contributed by atoms with Crippen LogP contribution in [0.15, 0.2) is 405 Å². The van der Waals surface area contributed by atoms with Crippen LogP contribution in [0.4, 0.5) is 0 Å². The van der Waals surface area contributed by atoms with Crippen LogP contribution in [-0.2, 0) is 0 Å². The first-order valence-electron chi connectivity index (χ1n) is 39.8. The standard InChI is InChI=1S/C55H33N3O.C55H33N3S/c56-34-35-11-8-16-42(29-35)58-50-21-6-4-17-44(50)47-31-38(23-26-51(47)58)36-12-9-13-37(30-36)39-24-27-52-48(32-39)49-33-40(25-28-53(49)57(52)41-14-2-1-3-15-41)43-19-10-20-46-45-18-5-7-22-54(45)59-55(43)46;56-34-35-11-8-16-42(29-35)58-52-28-25-39(32-49(52)45-26-23-40(33-53(45)58)43-19-10-20-47-46-18-5-7-22-54(46)59-55(43)47)37-13-9-12-36(30-37)38-24-27-51-48(31-38)44-17-4-6-21-50(44)57(51)41-14-2-1-3-15-41/h2*1-33H. The molecule has 0 atom stereocenters. The molecule has 118 heavy (non-hydrogen) atoms. The molecular weight excluding hydrogens is 1450 g/mol. The highest BCUT2D eigenvalue weighted by molar-refractivity contribution is 7.26. The van der Waals surface area contributed by atoms with Gasteiger partial charge in [0.15, 0.2) is 0 Å². The first-order chi connectivity index (χ1) is 58.4. The lowest BCUT2D eigenvalue weighted by molar-refractivity contribution is 0.670. The second kappa shape index (κ2) is 27.5. The Labute approximate surface area is 682 Å². The summed E-state index contributed by atoms with van der Waals surface area (Å²) in [5.74, 6) is 0. The summed E-state index contributed by atoms with van der Waals surface area (Å²) in [6.45, 7) is 0. The quantitative estimate of drug-likeness (QED) is 0.137. The van der Waals surface area contributed by atoms with Gasteiger partial charge in [0.05, 0.1) is 67.4 Å². The molecule has 0 aliphatic heterocycles. The van der Waals surface area contributed by atoms with Crippen LogP contribution in [0.5, 0.6) is 0 Å². The number of nitrogens with zero attached hydrogens (tertiary/aromatic N) is 6. The number of thiophene rings is 1. The minimum atomic E-state index is 0.639. The number of aromatic nitrogens is 4. The molecule has 24 rings (SSSR count). The van der Waals surface area contributed by atoms with E-state index in [4.69, 9.17) is 4.42 Å². The summed E-state index contributed by atoms with van der Waals surface area (Å²) in [4.78, 5) is 0. The van der Waals surface area contributed by atoms with Crippen LogP contribution in [0.25, 0.3) is 219 Å². The number of hydrogen-bond donors (Lipinski definition) is 0. The van der Waals surface area contributed by atoms with E-state index in [2.05, 4.69) is 382 Å². The van der Waals surface area contributed by atoms with Crippen LogP contribution < -0.4 is 0 Å². The summed E-state index contributed by atoms with van der Waals surface area (Å²) in [5, 5.41) is 34.0. The molecule has 6 aromatic heterocycles. The number of para-hydroxylation sites is 6. The zero-order valence-corrected chi connectivity index (χ0v) is 64.4. The Balaban J connectivity index is 0.000000138. The second-order valence-electron chi connectivity index (χ2n) is 30.5. The summed E-state index contributed by atoms with van der Waals surface area (Å²) in [6.07, 6.45) is 0. The zero-order valence-electron chi connectivity index (χ0n) is 63.6. The normalized spacial score (nSPS) is 11.7. The molecule has 0 bridgehead atoms. The molecule has 548 valence electrons. The third-order valence-corrected chi connectivity index (χ3v) is 25.1. The Hall–Kier alpha value is -15.8. The number of hydrogen-bond acceptors (Lipinski definition) is 4. The number of fused-ring (bicyclic) bond motifs is 18. The number of rotatable bonds is 10. The van der Waals surface area contributed by atoms with Crippen molar-refractivity contribution in [3.63, 3.8) is 0 Å². The van der Waals surface area contributed by atoms with Gasteiger partial charge in [0.1, 0.15) is 11.2 Å². The van der Waals surface area contributed by atoms with E-state index in [-0.39, 0.29) is 0 Å². The first kappa shape index (κ1) is 67.8. The molecular formula is C110H66N6OS. The van der Waals surface area contributed by atoms with Gasteiger partial charge in [0.2, 0.25) is 0 Å². The maximum absolute atomic E-state index is 9.89. The van der Waals surface area contributed by atoms with E-state index in [9.17, 15) is 10.5 Å². The fraction of sp³-hybridized carbons (Fsp3) is 0. The van der Waals surface area contributed by atoms with Crippen molar-refractivity contribution >= 4 is 141 Å².